The summed E-state index contributed by atoms with van der Waals surface area (Å²) in [5.74, 6) is 0.323. The molecule has 6 rings (SSSR count). The number of amides is 2. The summed E-state index contributed by atoms with van der Waals surface area (Å²) in [5, 5.41) is 10.0. The smallest absolute Gasteiger partial charge is 0.330 e. The highest BCUT2D eigenvalue weighted by molar-refractivity contribution is 6.36. The molecule has 244 valence electrons. The van der Waals surface area contributed by atoms with Gasteiger partial charge in [0.1, 0.15) is 5.56 Å². The van der Waals surface area contributed by atoms with Crippen LogP contribution in [0.25, 0.3) is 22.4 Å². The number of halogens is 1. The first kappa shape index (κ1) is 32.2. The van der Waals surface area contributed by atoms with Crippen LogP contribution < -0.4 is 31.9 Å². The number of ether oxygens (including phenoxy) is 1. The van der Waals surface area contributed by atoms with Gasteiger partial charge < -0.3 is 25.3 Å². The number of carbonyl (C=O) groups excluding carboxylic acids is 2. The molecule has 2 unspecified atom stereocenters. The van der Waals surface area contributed by atoms with Crippen molar-refractivity contribution in [3.05, 3.63) is 96.8 Å². The van der Waals surface area contributed by atoms with Crippen LogP contribution in [0, 0.1) is 12.8 Å². The Balaban J connectivity index is 1.31. The second-order valence-electron chi connectivity index (χ2n) is 12.4. The quantitative estimate of drug-likeness (QED) is 0.259. The minimum absolute atomic E-state index is 0.0439. The average molecular weight is 657 g/mol. The normalized spacial score (nSPS) is 18.6. The lowest BCUT2D eigenvalue weighted by Crippen LogP contribution is -2.40. The number of aryl methyl sites for hydroxylation is 1. The molecule has 1 aliphatic carbocycles. The first-order valence-electron chi connectivity index (χ1n) is 15.6. The molecule has 2 aromatic carbocycles. The zero-order valence-corrected chi connectivity index (χ0v) is 27.7. The predicted molar refractivity (Wildman–Crippen MR) is 181 cm³/mol. The summed E-state index contributed by atoms with van der Waals surface area (Å²) >= 11 is 7.12. The summed E-state index contributed by atoms with van der Waals surface area (Å²) < 4.78 is 7.93. The molecule has 2 aliphatic rings. The highest BCUT2D eigenvalue weighted by atomic mass is 35.5. The van der Waals surface area contributed by atoms with E-state index in [9.17, 15) is 19.2 Å². The Bertz CT molecular complexity index is 2040. The van der Waals surface area contributed by atoms with Gasteiger partial charge in [-0.3, -0.25) is 19.0 Å². The lowest BCUT2D eigenvalue weighted by Gasteiger charge is -2.22. The third-order valence-electron chi connectivity index (χ3n) is 9.23. The van der Waals surface area contributed by atoms with E-state index >= 15 is 0 Å². The lowest BCUT2D eigenvalue weighted by molar-refractivity contribution is -0.119. The Labute approximate surface area is 276 Å². The molecule has 47 heavy (non-hydrogen) atoms. The van der Waals surface area contributed by atoms with E-state index in [1.165, 1.54) is 24.9 Å². The van der Waals surface area contributed by atoms with E-state index in [2.05, 4.69) is 28.9 Å². The van der Waals surface area contributed by atoms with Gasteiger partial charge in [0.05, 0.1) is 17.8 Å². The van der Waals surface area contributed by atoms with Crippen LogP contribution in [0.15, 0.2) is 58.3 Å². The van der Waals surface area contributed by atoms with Crippen molar-refractivity contribution in [1.29, 1.82) is 0 Å². The zero-order valence-electron chi connectivity index (χ0n) is 26.9. The fourth-order valence-electron chi connectivity index (χ4n) is 6.68. The average Bonchev–Trinajstić information content (AvgIpc) is 3.62. The van der Waals surface area contributed by atoms with E-state index in [4.69, 9.17) is 21.3 Å². The second-order valence-corrected chi connectivity index (χ2v) is 12.7. The Morgan fingerprint density at radius 1 is 1.11 bits per heavy atom. The molecule has 3 atom stereocenters. The van der Waals surface area contributed by atoms with E-state index in [0.29, 0.717) is 41.2 Å². The van der Waals surface area contributed by atoms with Crippen LogP contribution in [-0.4, -0.2) is 45.6 Å². The number of pyridine rings is 1. The number of rotatable bonds is 8. The molecule has 0 saturated carbocycles. The molecule has 12 heteroatoms. The fourth-order valence-corrected chi connectivity index (χ4v) is 7.01. The van der Waals surface area contributed by atoms with Gasteiger partial charge in [0.15, 0.2) is 0 Å². The maximum atomic E-state index is 13.2. The third kappa shape index (κ3) is 5.96. The summed E-state index contributed by atoms with van der Waals surface area (Å²) in [4.78, 5) is 54.5. The van der Waals surface area contributed by atoms with E-state index in [1.807, 2.05) is 37.3 Å². The predicted octanol–water partition coefficient (Wildman–Crippen LogP) is 4.14. The van der Waals surface area contributed by atoms with Gasteiger partial charge in [0.2, 0.25) is 11.8 Å². The Hall–Kier alpha value is -4.74. The Morgan fingerprint density at radius 2 is 1.83 bits per heavy atom. The Morgan fingerprint density at radius 3 is 2.55 bits per heavy atom. The fraction of sp³-hybridized carbons (Fsp3) is 0.343. The second kappa shape index (κ2) is 12.8. The van der Waals surface area contributed by atoms with Gasteiger partial charge in [-0.2, -0.15) is 0 Å². The standard InChI is InChI=1S/C35H37ClN6O5/c1-18-14-20-15-27(40-33(47-5)29(20)31(18)37-16-21-12-13-28(43)38-21)24-10-6-9-23(30(24)36)22-8-7-11-26(19(22)2)39-32(44)25-17-41(3)35(46)42(4)34(25)45/h6-11,15,17-18,21,31,37H,12-14,16H2,1-5H3,(H,38,43)(H,39,44)/t18?,21-,31?/m0/s1. The molecular formula is C35H37ClN6O5. The van der Waals surface area contributed by atoms with Crippen molar-refractivity contribution in [3.63, 3.8) is 0 Å². The first-order valence-corrected chi connectivity index (χ1v) is 15.9. The molecule has 0 radical (unpaired) electrons. The maximum Gasteiger partial charge on any atom is 0.330 e. The summed E-state index contributed by atoms with van der Waals surface area (Å²) in [6, 6.07) is 13.5. The monoisotopic (exact) mass is 656 g/mol. The molecule has 0 bridgehead atoms. The maximum absolute atomic E-state index is 13.2. The van der Waals surface area contributed by atoms with Crippen LogP contribution in [0.2, 0.25) is 5.02 Å². The molecule has 3 N–H and O–H groups in total. The number of carbonyl (C=O) groups is 2. The van der Waals surface area contributed by atoms with Crippen LogP contribution in [0.1, 0.15) is 52.9 Å². The number of aromatic nitrogens is 3. The molecule has 4 aromatic rings. The van der Waals surface area contributed by atoms with Gasteiger partial charge in [-0.1, -0.05) is 48.9 Å². The number of anilines is 1. The molecule has 1 fully saturated rings. The summed E-state index contributed by atoms with van der Waals surface area (Å²) in [5.41, 5.74) is 5.08. The van der Waals surface area contributed by atoms with E-state index in [-0.39, 0.29) is 23.6 Å². The molecule has 0 spiro atoms. The van der Waals surface area contributed by atoms with Crippen molar-refractivity contribution < 1.29 is 14.3 Å². The van der Waals surface area contributed by atoms with Crippen LogP contribution >= 0.6 is 11.6 Å². The van der Waals surface area contributed by atoms with Crippen molar-refractivity contribution >= 4 is 29.1 Å². The topological polar surface area (TPSA) is 136 Å². The molecule has 2 amide bonds. The number of hydrogen-bond donors (Lipinski definition) is 3. The number of nitrogens with zero attached hydrogens (tertiary/aromatic N) is 3. The number of benzene rings is 2. The van der Waals surface area contributed by atoms with Crippen LogP contribution in [0.4, 0.5) is 5.69 Å². The zero-order chi connectivity index (χ0) is 33.6. The van der Waals surface area contributed by atoms with Crippen LogP contribution in [0.5, 0.6) is 5.88 Å². The van der Waals surface area contributed by atoms with Gasteiger partial charge >= 0.3 is 5.69 Å². The van der Waals surface area contributed by atoms with Crippen molar-refractivity contribution in [2.24, 2.45) is 20.0 Å². The van der Waals surface area contributed by atoms with Gasteiger partial charge in [0, 0.05) is 67.7 Å². The Kier molecular flexibility index (Phi) is 8.78. The molecule has 2 aromatic heterocycles. The van der Waals surface area contributed by atoms with Gasteiger partial charge in [-0.05, 0) is 54.5 Å². The molecule has 11 nitrogen and oxygen atoms in total. The summed E-state index contributed by atoms with van der Waals surface area (Å²) in [6.45, 7) is 4.75. The van der Waals surface area contributed by atoms with Crippen molar-refractivity contribution in [2.75, 3.05) is 19.0 Å². The number of methoxy groups -OCH3 is 1. The molecule has 1 saturated heterocycles. The van der Waals surface area contributed by atoms with Crippen molar-refractivity contribution in [2.45, 2.75) is 45.2 Å². The molecule has 1 aliphatic heterocycles. The number of fused-ring (bicyclic) bond motifs is 1. The first-order chi connectivity index (χ1) is 22.5. The lowest BCUT2D eigenvalue weighted by atomic mass is 9.96. The van der Waals surface area contributed by atoms with E-state index < -0.39 is 17.2 Å². The minimum atomic E-state index is -0.675. The number of hydrogen-bond acceptors (Lipinski definition) is 7. The number of nitrogens with one attached hydrogen (secondary N) is 3. The summed E-state index contributed by atoms with van der Waals surface area (Å²) in [6.07, 6.45) is 3.47. The van der Waals surface area contributed by atoms with Crippen LogP contribution in [-0.2, 0) is 25.3 Å². The summed E-state index contributed by atoms with van der Waals surface area (Å²) in [7, 11) is 4.44. The van der Waals surface area contributed by atoms with Gasteiger partial charge in [0.25, 0.3) is 11.5 Å². The van der Waals surface area contributed by atoms with E-state index in [0.717, 1.165) is 50.8 Å². The molecular weight excluding hydrogens is 620 g/mol. The third-order valence-corrected chi connectivity index (χ3v) is 9.64. The van der Waals surface area contributed by atoms with Crippen molar-refractivity contribution in [1.82, 2.24) is 24.8 Å². The van der Waals surface area contributed by atoms with Gasteiger partial charge in [-0.15, -0.1) is 0 Å². The largest absolute Gasteiger partial charge is 0.481 e. The highest BCUT2D eigenvalue weighted by Gasteiger charge is 2.35. The highest BCUT2D eigenvalue weighted by Crippen LogP contribution is 2.44. The SMILES string of the molecule is COc1nc(-c2cccc(-c3cccc(NC(=O)c4cn(C)c(=O)n(C)c4=O)c3C)c2Cl)cc2c1C(NC[C@@H]1CCC(=O)N1)C(C)C2. The van der Waals surface area contributed by atoms with Gasteiger partial charge in [-0.25, -0.2) is 9.78 Å². The molecule has 3 heterocycles. The van der Waals surface area contributed by atoms with E-state index in [1.54, 1.807) is 13.2 Å². The van der Waals surface area contributed by atoms with Crippen LogP contribution in [0.3, 0.4) is 0 Å². The van der Waals surface area contributed by atoms with Crippen molar-refractivity contribution in [3.8, 4) is 28.3 Å². The minimum Gasteiger partial charge on any atom is -0.481 e.